The summed E-state index contributed by atoms with van der Waals surface area (Å²) in [7, 11) is 1.52. The monoisotopic (exact) mass is 464 g/mol. The van der Waals surface area contributed by atoms with Gasteiger partial charge in [-0.2, -0.15) is 0 Å². The number of aromatic hydroxyl groups is 1. The minimum atomic E-state index is -1.23. The molecule has 1 amide bonds. The van der Waals surface area contributed by atoms with Crippen LogP contribution < -0.4 is 15.7 Å². The molecule has 0 bridgehead atoms. The van der Waals surface area contributed by atoms with Gasteiger partial charge in [-0.3, -0.25) is 4.79 Å². The van der Waals surface area contributed by atoms with Crippen molar-refractivity contribution in [2.45, 2.75) is 32.7 Å². The second-order valence-electron chi connectivity index (χ2n) is 8.15. The molecule has 0 unspecified atom stereocenters. The van der Waals surface area contributed by atoms with Gasteiger partial charge in [-0.25, -0.2) is 9.59 Å². The third-order valence-electron chi connectivity index (χ3n) is 6.02. The van der Waals surface area contributed by atoms with Crippen LogP contribution in [-0.4, -0.2) is 40.2 Å². The van der Waals surface area contributed by atoms with E-state index in [1.54, 1.807) is 38.2 Å². The molecule has 4 N–H and O–H groups in total. The molecular weight excluding hydrogens is 440 g/mol. The van der Waals surface area contributed by atoms with E-state index in [-0.39, 0.29) is 24.2 Å². The van der Waals surface area contributed by atoms with Crippen molar-refractivity contribution in [3.8, 4) is 11.5 Å². The Balaban J connectivity index is 1.58. The fourth-order valence-corrected chi connectivity index (χ4v) is 4.16. The molecule has 34 heavy (non-hydrogen) atoms. The fourth-order valence-electron chi connectivity index (χ4n) is 4.16. The van der Waals surface area contributed by atoms with Crippen LogP contribution in [0.4, 0.5) is 0 Å². The summed E-state index contributed by atoms with van der Waals surface area (Å²) in [6.07, 6.45) is 1.31. The zero-order valence-electron chi connectivity index (χ0n) is 18.9. The first-order valence-corrected chi connectivity index (χ1v) is 10.6. The van der Waals surface area contributed by atoms with E-state index in [4.69, 9.17) is 9.15 Å². The molecule has 0 aliphatic carbocycles. The summed E-state index contributed by atoms with van der Waals surface area (Å²) in [5.74, 6) is -1.20. The number of benzene rings is 2. The van der Waals surface area contributed by atoms with Gasteiger partial charge in [-0.15, -0.1) is 0 Å². The van der Waals surface area contributed by atoms with Crippen LogP contribution in [0.5, 0.6) is 11.5 Å². The van der Waals surface area contributed by atoms with Crippen LogP contribution in [0.3, 0.4) is 0 Å². The van der Waals surface area contributed by atoms with Crippen LogP contribution in [0.15, 0.2) is 45.7 Å². The second-order valence-corrected chi connectivity index (χ2v) is 8.15. The van der Waals surface area contributed by atoms with E-state index in [2.05, 4.69) is 10.3 Å². The van der Waals surface area contributed by atoms with Crippen LogP contribution in [0.1, 0.15) is 22.3 Å². The van der Waals surface area contributed by atoms with Crippen molar-refractivity contribution in [1.82, 2.24) is 10.3 Å². The van der Waals surface area contributed by atoms with E-state index in [9.17, 15) is 24.6 Å². The Bertz CT molecular complexity index is 1480. The van der Waals surface area contributed by atoms with Crippen molar-refractivity contribution in [2.75, 3.05) is 7.11 Å². The highest BCUT2D eigenvalue weighted by atomic mass is 16.5. The molecule has 2 heterocycles. The quantitative estimate of drug-likeness (QED) is 0.308. The number of hydrogen-bond acceptors (Lipinski definition) is 6. The SMILES string of the molecule is COc1ccc2c(C)c(CC(=O)N[C@@H](Cc3c[nH]c4ccc(O)cc34)C(=O)O)c(=O)oc2c1C. The van der Waals surface area contributed by atoms with Crippen molar-refractivity contribution in [3.05, 3.63) is 69.2 Å². The Morgan fingerprint density at radius 2 is 1.91 bits per heavy atom. The number of nitrogens with one attached hydrogen (secondary N) is 2. The number of amides is 1. The normalized spacial score (nSPS) is 12.1. The zero-order chi connectivity index (χ0) is 24.6. The smallest absolute Gasteiger partial charge is 0.340 e. The average molecular weight is 464 g/mol. The predicted octanol–water partition coefficient (Wildman–Crippen LogP) is 2.96. The van der Waals surface area contributed by atoms with Crippen LogP contribution in [0.25, 0.3) is 21.9 Å². The van der Waals surface area contributed by atoms with Gasteiger partial charge in [0.25, 0.3) is 0 Å². The molecule has 2 aromatic carbocycles. The Morgan fingerprint density at radius 3 is 2.62 bits per heavy atom. The highest BCUT2D eigenvalue weighted by Gasteiger charge is 2.24. The van der Waals surface area contributed by atoms with Gasteiger partial charge >= 0.3 is 11.6 Å². The molecule has 0 fully saturated rings. The summed E-state index contributed by atoms with van der Waals surface area (Å²) in [5.41, 5.74) is 2.52. The number of carboxylic acid groups (broad SMARTS) is 1. The molecule has 0 saturated carbocycles. The molecule has 0 aliphatic heterocycles. The molecule has 0 aliphatic rings. The third-order valence-corrected chi connectivity index (χ3v) is 6.02. The number of fused-ring (bicyclic) bond motifs is 2. The topological polar surface area (TPSA) is 142 Å². The minimum Gasteiger partial charge on any atom is -0.508 e. The number of rotatable bonds is 7. The Kier molecular flexibility index (Phi) is 6.02. The molecule has 1 atom stereocenters. The molecule has 9 nitrogen and oxygen atoms in total. The second kappa shape index (κ2) is 8.93. The lowest BCUT2D eigenvalue weighted by Crippen LogP contribution is -2.43. The van der Waals surface area contributed by atoms with Crippen LogP contribution in [0, 0.1) is 13.8 Å². The first-order valence-electron chi connectivity index (χ1n) is 10.6. The summed E-state index contributed by atoms with van der Waals surface area (Å²) in [4.78, 5) is 40.3. The van der Waals surface area contributed by atoms with Crippen molar-refractivity contribution in [1.29, 1.82) is 0 Å². The molecule has 4 aromatic rings. The van der Waals surface area contributed by atoms with E-state index < -0.39 is 23.5 Å². The number of ether oxygens (including phenoxy) is 1. The maximum Gasteiger partial charge on any atom is 0.340 e. The maximum atomic E-state index is 12.8. The third kappa shape index (κ3) is 4.19. The summed E-state index contributed by atoms with van der Waals surface area (Å²) in [6, 6.07) is 7.02. The van der Waals surface area contributed by atoms with Crippen molar-refractivity contribution < 1.29 is 29.0 Å². The Hall–Kier alpha value is -4.27. The van der Waals surface area contributed by atoms with Gasteiger partial charge in [0.15, 0.2) is 0 Å². The highest BCUT2D eigenvalue weighted by molar-refractivity contribution is 5.90. The van der Waals surface area contributed by atoms with E-state index >= 15 is 0 Å². The number of aryl methyl sites for hydroxylation is 2. The van der Waals surface area contributed by atoms with Crippen molar-refractivity contribution in [3.63, 3.8) is 0 Å². The number of hydrogen-bond donors (Lipinski definition) is 4. The van der Waals surface area contributed by atoms with Crippen LogP contribution in [0.2, 0.25) is 0 Å². The standard InChI is InChI=1S/C25H24N2O7/c1-12-16-5-7-21(33-3)13(2)23(16)34-25(32)17(12)10-22(29)27-20(24(30)31)8-14-11-26-19-6-4-15(28)9-18(14)19/h4-7,9,11,20,26,28H,8,10H2,1-3H3,(H,27,29)(H,30,31)/t20-/m0/s1. The highest BCUT2D eigenvalue weighted by Crippen LogP contribution is 2.29. The van der Waals surface area contributed by atoms with E-state index in [1.165, 1.54) is 19.2 Å². The molecular formula is C25H24N2O7. The van der Waals surface area contributed by atoms with Gasteiger partial charge in [-0.1, -0.05) is 0 Å². The van der Waals surface area contributed by atoms with Crippen LogP contribution >= 0.6 is 0 Å². The van der Waals surface area contributed by atoms with Crippen LogP contribution in [-0.2, 0) is 22.4 Å². The van der Waals surface area contributed by atoms with Gasteiger partial charge in [0.05, 0.1) is 19.1 Å². The number of aromatic amines is 1. The van der Waals surface area contributed by atoms with E-state index in [0.29, 0.717) is 38.8 Å². The molecule has 176 valence electrons. The predicted molar refractivity (Wildman–Crippen MR) is 125 cm³/mol. The molecule has 4 rings (SSSR count). The minimum absolute atomic E-state index is 0.00513. The number of aromatic nitrogens is 1. The molecule has 0 spiro atoms. The summed E-state index contributed by atoms with van der Waals surface area (Å²) in [6.45, 7) is 3.50. The maximum absolute atomic E-state index is 12.8. The van der Waals surface area contributed by atoms with E-state index in [0.717, 1.165) is 5.52 Å². The van der Waals surface area contributed by atoms with Gasteiger partial charge in [0, 0.05) is 34.5 Å². The number of carbonyl (C=O) groups is 2. The number of H-pyrrole nitrogens is 1. The molecule has 0 radical (unpaired) electrons. The van der Waals surface area contributed by atoms with Crippen molar-refractivity contribution in [2.24, 2.45) is 0 Å². The summed E-state index contributed by atoms with van der Waals surface area (Å²) < 4.78 is 10.8. The zero-order valence-corrected chi connectivity index (χ0v) is 18.9. The number of aliphatic carboxylic acids is 1. The number of carboxylic acids is 1. The van der Waals surface area contributed by atoms with Gasteiger partial charge in [0.2, 0.25) is 5.91 Å². The lowest BCUT2D eigenvalue weighted by atomic mass is 10.0. The Labute approximate surface area is 194 Å². The lowest BCUT2D eigenvalue weighted by molar-refractivity contribution is -0.141. The molecule has 2 aromatic heterocycles. The van der Waals surface area contributed by atoms with Gasteiger partial charge in [0.1, 0.15) is 23.1 Å². The van der Waals surface area contributed by atoms with Crippen molar-refractivity contribution >= 4 is 33.7 Å². The number of phenolic OH excluding ortho intramolecular Hbond substituents is 1. The summed E-state index contributed by atoms with van der Waals surface area (Å²) in [5, 5.41) is 23.3. The number of methoxy groups -OCH3 is 1. The van der Waals surface area contributed by atoms with Gasteiger partial charge < -0.3 is 29.7 Å². The first-order chi connectivity index (χ1) is 16.2. The van der Waals surface area contributed by atoms with Gasteiger partial charge in [-0.05, 0) is 55.3 Å². The molecule has 0 saturated heterocycles. The largest absolute Gasteiger partial charge is 0.508 e. The lowest BCUT2D eigenvalue weighted by Gasteiger charge is -2.15. The molecule has 9 heteroatoms. The Morgan fingerprint density at radius 1 is 1.15 bits per heavy atom. The first kappa shape index (κ1) is 22.9. The number of carbonyl (C=O) groups excluding carboxylic acids is 1. The average Bonchev–Trinajstić information content (AvgIpc) is 3.18. The summed E-state index contributed by atoms with van der Waals surface area (Å²) >= 11 is 0. The fraction of sp³-hybridized carbons (Fsp3) is 0.240. The number of phenols is 1. The van der Waals surface area contributed by atoms with E-state index in [1.807, 2.05) is 0 Å².